The number of halogens is 1. The molecule has 126 valence electrons. The first kappa shape index (κ1) is 16.9. The van der Waals surface area contributed by atoms with E-state index in [2.05, 4.69) is 28.9 Å². The minimum atomic E-state index is 0.0269. The van der Waals surface area contributed by atoms with E-state index in [0.29, 0.717) is 16.6 Å². The first-order valence-electron chi connectivity index (χ1n) is 8.34. The van der Waals surface area contributed by atoms with Crippen LogP contribution in [0.5, 0.6) is 0 Å². The maximum absolute atomic E-state index is 12.7. The molecular formula is C19H22ClN3O. The van der Waals surface area contributed by atoms with Crippen molar-refractivity contribution in [3.63, 3.8) is 0 Å². The Morgan fingerprint density at radius 2 is 1.83 bits per heavy atom. The molecule has 1 aromatic heterocycles. The minimum absolute atomic E-state index is 0.0269. The van der Waals surface area contributed by atoms with Crippen molar-refractivity contribution in [3.05, 3.63) is 64.9 Å². The van der Waals surface area contributed by atoms with Crippen LogP contribution in [0.2, 0.25) is 5.02 Å². The predicted octanol–water partition coefficient (Wildman–Crippen LogP) is 3.64. The second kappa shape index (κ2) is 7.77. The third-order valence-electron chi connectivity index (χ3n) is 4.66. The van der Waals surface area contributed by atoms with Crippen LogP contribution < -0.4 is 0 Å². The second-order valence-corrected chi connectivity index (χ2v) is 6.53. The van der Waals surface area contributed by atoms with Gasteiger partial charge < -0.3 is 4.90 Å². The zero-order chi connectivity index (χ0) is 16.9. The van der Waals surface area contributed by atoms with Crippen molar-refractivity contribution in [2.45, 2.75) is 19.4 Å². The normalized spacial score (nSPS) is 17.3. The van der Waals surface area contributed by atoms with Gasteiger partial charge in [0.1, 0.15) is 0 Å². The largest absolute Gasteiger partial charge is 0.337 e. The smallest absolute Gasteiger partial charge is 0.255 e. The number of nitrogens with zero attached hydrogens (tertiary/aromatic N) is 3. The lowest BCUT2D eigenvalue weighted by atomic mass is 10.1. The van der Waals surface area contributed by atoms with Crippen LogP contribution in [0.1, 0.15) is 35.3 Å². The van der Waals surface area contributed by atoms with Crippen molar-refractivity contribution in [2.24, 2.45) is 0 Å². The number of carbonyl (C=O) groups is 1. The number of pyridine rings is 1. The monoisotopic (exact) mass is 343 g/mol. The highest BCUT2D eigenvalue weighted by Crippen LogP contribution is 2.22. The zero-order valence-electron chi connectivity index (χ0n) is 13.9. The van der Waals surface area contributed by atoms with Gasteiger partial charge in [0.05, 0.1) is 10.6 Å². The average Bonchev–Trinajstić information content (AvgIpc) is 2.88. The lowest BCUT2D eigenvalue weighted by Gasteiger charge is -2.28. The lowest BCUT2D eigenvalue weighted by molar-refractivity contribution is 0.0759. The van der Waals surface area contributed by atoms with E-state index in [1.807, 2.05) is 29.4 Å². The summed E-state index contributed by atoms with van der Waals surface area (Å²) in [5.74, 6) is 0.0269. The summed E-state index contributed by atoms with van der Waals surface area (Å²) in [5, 5.41) is 0.522. The topological polar surface area (TPSA) is 36.4 Å². The van der Waals surface area contributed by atoms with Crippen molar-refractivity contribution < 1.29 is 4.79 Å². The van der Waals surface area contributed by atoms with Gasteiger partial charge in [0.15, 0.2) is 0 Å². The fourth-order valence-electron chi connectivity index (χ4n) is 3.19. The summed E-state index contributed by atoms with van der Waals surface area (Å²) in [4.78, 5) is 21.2. The molecule has 0 N–H and O–H groups in total. The molecule has 0 bridgehead atoms. The molecule has 1 amide bonds. The van der Waals surface area contributed by atoms with Crippen LogP contribution in [0.3, 0.4) is 0 Å². The maximum Gasteiger partial charge on any atom is 0.255 e. The number of aromatic nitrogens is 1. The molecule has 4 nitrogen and oxygen atoms in total. The van der Waals surface area contributed by atoms with Crippen LogP contribution in [0.15, 0.2) is 48.8 Å². The van der Waals surface area contributed by atoms with E-state index in [1.165, 1.54) is 5.56 Å². The summed E-state index contributed by atoms with van der Waals surface area (Å²) in [6, 6.07) is 11.7. The zero-order valence-corrected chi connectivity index (χ0v) is 14.6. The van der Waals surface area contributed by atoms with Gasteiger partial charge in [0, 0.05) is 44.6 Å². The molecule has 0 aliphatic carbocycles. The molecule has 1 fully saturated rings. The van der Waals surface area contributed by atoms with Crippen molar-refractivity contribution in [2.75, 3.05) is 26.2 Å². The van der Waals surface area contributed by atoms with E-state index in [9.17, 15) is 4.79 Å². The molecule has 0 spiro atoms. The SMILES string of the molecule is CC(c1ccncc1)N1CCCN(C(=O)c2ccccc2Cl)CC1. The highest BCUT2D eigenvalue weighted by atomic mass is 35.5. The van der Waals surface area contributed by atoms with Crippen LogP contribution >= 0.6 is 11.6 Å². The molecule has 1 unspecified atom stereocenters. The molecule has 1 atom stereocenters. The van der Waals surface area contributed by atoms with E-state index >= 15 is 0 Å². The van der Waals surface area contributed by atoms with E-state index in [4.69, 9.17) is 11.6 Å². The van der Waals surface area contributed by atoms with Gasteiger partial charge in [-0.25, -0.2) is 0 Å². The van der Waals surface area contributed by atoms with E-state index in [1.54, 1.807) is 12.1 Å². The quantitative estimate of drug-likeness (QED) is 0.853. The van der Waals surface area contributed by atoms with Gasteiger partial charge in [-0.3, -0.25) is 14.7 Å². The molecule has 0 radical (unpaired) electrons. The molecule has 24 heavy (non-hydrogen) atoms. The Labute approximate surface area is 148 Å². The molecule has 0 saturated carbocycles. The van der Waals surface area contributed by atoms with Gasteiger partial charge in [0.2, 0.25) is 0 Å². The second-order valence-electron chi connectivity index (χ2n) is 6.12. The Balaban J connectivity index is 1.67. The summed E-state index contributed by atoms with van der Waals surface area (Å²) in [6.07, 6.45) is 4.62. The molecule has 1 aromatic carbocycles. The van der Waals surface area contributed by atoms with E-state index < -0.39 is 0 Å². The number of rotatable bonds is 3. The molecule has 2 heterocycles. The summed E-state index contributed by atoms with van der Waals surface area (Å²) in [7, 11) is 0. The van der Waals surface area contributed by atoms with Crippen molar-refractivity contribution >= 4 is 17.5 Å². The Bertz CT molecular complexity index is 692. The molecular weight excluding hydrogens is 322 g/mol. The summed E-state index contributed by atoms with van der Waals surface area (Å²) in [6.45, 7) is 5.54. The number of carbonyl (C=O) groups excluding carboxylic acids is 1. The summed E-state index contributed by atoms with van der Waals surface area (Å²) < 4.78 is 0. The number of amides is 1. The van der Waals surface area contributed by atoms with Crippen LogP contribution in [-0.2, 0) is 0 Å². The maximum atomic E-state index is 12.7. The average molecular weight is 344 g/mol. The minimum Gasteiger partial charge on any atom is -0.337 e. The van der Waals surface area contributed by atoms with Crippen molar-refractivity contribution in [3.8, 4) is 0 Å². The van der Waals surface area contributed by atoms with Gasteiger partial charge >= 0.3 is 0 Å². The van der Waals surface area contributed by atoms with Gasteiger partial charge in [-0.05, 0) is 43.2 Å². The van der Waals surface area contributed by atoms with Gasteiger partial charge in [-0.1, -0.05) is 23.7 Å². The Kier molecular flexibility index (Phi) is 5.48. The number of hydrogen-bond donors (Lipinski definition) is 0. The molecule has 1 saturated heterocycles. The molecule has 2 aromatic rings. The lowest BCUT2D eigenvalue weighted by Crippen LogP contribution is -2.36. The first-order chi connectivity index (χ1) is 11.7. The van der Waals surface area contributed by atoms with Crippen LogP contribution in [0.25, 0.3) is 0 Å². The predicted molar refractivity (Wildman–Crippen MR) is 96.2 cm³/mol. The molecule has 1 aliphatic heterocycles. The fourth-order valence-corrected chi connectivity index (χ4v) is 3.40. The highest BCUT2D eigenvalue weighted by Gasteiger charge is 2.24. The third kappa shape index (κ3) is 3.77. The Morgan fingerprint density at radius 3 is 2.58 bits per heavy atom. The molecule has 1 aliphatic rings. The van der Waals surface area contributed by atoms with Gasteiger partial charge in [-0.15, -0.1) is 0 Å². The highest BCUT2D eigenvalue weighted by molar-refractivity contribution is 6.33. The summed E-state index contributed by atoms with van der Waals surface area (Å²) >= 11 is 6.17. The molecule has 3 rings (SSSR count). The van der Waals surface area contributed by atoms with Gasteiger partial charge in [0.25, 0.3) is 5.91 Å². The van der Waals surface area contributed by atoms with Crippen LogP contribution in [-0.4, -0.2) is 46.9 Å². The van der Waals surface area contributed by atoms with Crippen LogP contribution in [0, 0.1) is 0 Å². The van der Waals surface area contributed by atoms with Crippen LogP contribution in [0.4, 0.5) is 0 Å². The Morgan fingerprint density at radius 1 is 1.08 bits per heavy atom. The third-order valence-corrected chi connectivity index (χ3v) is 4.99. The number of benzene rings is 1. The van der Waals surface area contributed by atoms with Crippen molar-refractivity contribution in [1.29, 1.82) is 0 Å². The standard InChI is InChI=1S/C19H22ClN3O/c1-15(16-7-9-21-10-8-16)22-11-4-12-23(14-13-22)19(24)17-5-2-3-6-18(17)20/h2-3,5-10,15H,4,11-14H2,1H3. The Hall–Kier alpha value is -1.91. The fraction of sp³-hybridized carbons (Fsp3) is 0.368. The molecule has 5 heteroatoms. The van der Waals surface area contributed by atoms with E-state index in [-0.39, 0.29) is 5.91 Å². The number of hydrogen-bond acceptors (Lipinski definition) is 3. The summed E-state index contributed by atoms with van der Waals surface area (Å²) in [5.41, 5.74) is 1.85. The first-order valence-corrected chi connectivity index (χ1v) is 8.72. The van der Waals surface area contributed by atoms with E-state index in [0.717, 1.165) is 32.6 Å². The van der Waals surface area contributed by atoms with Gasteiger partial charge in [-0.2, -0.15) is 0 Å². The van der Waals surface area contributed by atoms with Crippen molar-refractivity contribution in [1.82, 2.24) is 14.8 Å².